The van der Waals surface area contributed by atoms with Crippen LogP contribution in [0.5, 0.6) is 0 Å². The summed E-state index contributed by atoms with van der Waals surface area (Å²) in [5.74, 6) is 0.127. The van der Waals surface area contributed by atoms with E-state index in [2.05, 4.69) is 21.2 Å². The average molecular weight is 382 g/mol. The van der Waals surface area contributed by atoms with Crippen LogP contribution in [0.3, 0.4) is 0 Å². The molecule has 0 radical (unpaired) electrons. The van der Waals surface area contributed by atoms with Gasteiger partial charge in [0.2, 0.25) is 0 Å². The molecule has 3 rings (SSSR count). The van der Waals surface area contributed by atoms with E-state index in [1.165, 1.54) is 11.8 Å². The van der Waals surface area contributed by atoms with Gasteiger partial charge in [-0.15, -0.1) is 0 Å². The number of furan rings is 1. The molecule has 2 heterocycles. The van der Waals surface area contributed by atoms with Gasteiger partial charge in [0.15, 0.2) is 5.09 Å². The van der Waals surface area contributed by atoms with Crippen LogP contribution in [0.1, 0.15) is 5.76 Å². The van der Waals surface area contributed by atoms with Crippen molar-refractivity contribution in [2.75, 3.05) is 0 Å². The normalized spacial score (nSPS) is 16.5. The highest BCUT2D eigenvalue weighted by molar-refractivity contribution is 9.10. The summed E-state index contributed by atoms with van der Waals surface area (Å²) >= 11 is 5.78. The number of imide groups is 1. The average Bonchev–Trinajstić information content (AvgIpc) is 2.94. The number of rotatable bonds is 3. The number of carbonyl (C=O) groups is 2. The monoisotopic (exact) mass is 381 g/mol. The number of hydrogen-bond acceptors (Lipinski definition) is 5. The first kappa shape index (κ1) is 14.5. The highest BCUT2D eigenvalue weighted by Crippen LogP contribution is 2.37. The van der Waals surface area contributed by atoms with Gasteiger partial charge in [0.1, 0.15) is 5.76 Å². The molecule has 2 aromatic rings. The Morgan fingerprint density at radius 1 is 1.24 bits per heavy atom. The van der Waals surface area contributed by atoms with Crippen molar-refractivity contribution >= 4 is 56.7 Å². The minimum Gasteiger partial charge on any atom is -0.449 e. The Hall–Kier alpha value is -1.44. The van der Waals surface area contributed by atoms with Gasteiger partial charge in [-0.3, -0.25) is 14.9 Å². The molecule has 0 bridgehead atoms. The van der Waals surface area contributed by atoms with Crippen molar-refractivity contribution in [2.24, 2.45) is 0 Å². The fourth-order valence-corrected chi connectivity index (χ4v) is 3.67. The fraction of sp³-hybridized carbons (Fsp3) is 0. The van der Waals surface area contributed by atoms with Crippen molar-refractivity contribution in [1.82, 2.24) is 5.32 Å². The zero-order chi connectivity index (χ0) is 14.8. The molecule has 21 heavy (non-hydrogen) atoms. The molecule has 1 saturated heterocycles. The van der Waals surface area contributed by atoms with Crippen LogP contribution < -0.4 is 5.32 Å². The maximum atomic E-state index is 11.5. The Kier molecular flexibility index (Phi) is 4.23. The summed E-state index contributed by atoms with van der Waals surface area (Å²) in [6, 6.07) is 11.6. The van der Waals surface area contributed by atoms with E-state index in [9.17, 15) is 9.59 Å². The van der Waals surface area contributed by atoms with Crippen LogP contribution in [0.4, 0.5) is 4.79 Å². The molecule has 1 fully saturated rings. The third-order valence-electron chi connectivity index (χ3n) is 2.54. The Balaban J connectivity index is 1.83. The number of thioether (sulfide) groups is 1. The van der Waals surface area contributed by atoms with Gasteiger partial charge < -0.3 is 4.42 Å². The summed E-state index contributed by atoms with van der Waals surface area (Å²) < 4.78 is 6.50. The lowest BCUT2D eigenvalue weighted by molar-refractivity contribution is -0.115. The molecular formula is C14H8BrNO3S2. The molecule has 0 saturated carbocycles. The number of hydrogen-bond donors (Lipinski definition) is 1. The van der Waals surface area contributed by atoms with Gasteiger partial charge in [-0.25, -0.2) is 0 Å². The molecule has 1 N–H and O–H groups in total. The number of halogens is 1. The lowest BCUT2D eigenvalue weighted by atomic mass is 10.4. The second-order valence-corrected chi connectivity index (χ2v) is 6.97. The quantitative estimate of drug-likeness (QED) is 0.792. The van der Waals surface area contributed by atoms with Crippen molar-refractivity contribution < 1.29 is 14.0 Å². The fourth-order valence-electron chi connectivity index (χ4n) is 1.66. The second-order valence-electron chi connectivity index (χ2n) is 4.05. The van der Waals surface area contributed by atoms with Crippen LogP contribution in [0.25, 0.3) is 6.08 Å². The zero-order valence-corrected chi connectivity index (χ0v) is 13.7. The summed E-state index contributed by atoms with van der Waals surface area (Å²) in [4.78, 5) is 24.0. The highest BCUT2D eigenvalue weighted by Gasteiger charge is 2.25. The molecule has 7 heteroatoms. The van der Waals surface area contributed by atoms with Gasteiger partial charge in [0, 0.05) is 11.0 Å². The Morgan fingerprint density at radius 2 is 2.00 bits per heavy atom. The molecule has 1 aromatic heterocycles. The molecular weight excluding hydrogens is 374 g/mol. The van der Waals surface area contributed by atoms with Crippen LogP contribution in [0.15, 0.2) is 60.2 Å². The van der Waals surface area contributed by atoms with Crippen LogP contribution >= 0.6 is 39.5 Å². The van der Waals surface area contributed by atoms with E-state index in [4.69, 9.17) is 4.42 Å². The first-order valence-corrected chi connectivity index (χ1v) is 8.31. The van der Waals surface area contributed by atoms with Gasteiger partial charge in [0.25, 0.3) is 11.1 Å². The largest absolute Gasteiger partial charge is 0.449 e. The summed E-state index contributed by atoms with van der Waals surface area (Å²) in [7, 11) is 0. The number of amides is 2. The smallest absolute Gasteiger partial charge is 0.290 e. The van der Waals surface area contributed by atoms with Gasteiger partial charge in [0.05, 0.1) is 9.38 Å². The van der Waals surface area contributed by atoms with Crippen molar-refractivity contribution in [3.8, 4) is 0 Å². The molecule has 1 aliphatic rings. The van der Waals surface area contributed by atoms with E-state index in [0.29, 0.717) is 15.8 Å². The summed E-state index contributed by atoms with van der Waals surface area (Å²) in [5.41, 5.74) is 0. The minimum atomic E-state index is -0.394. The number of benzene rings is 1. The second kappa shape index (κ2) is 6.13. The lowest BCUT2D eigenvalue weighted by Crippen LogP contribution is -2.17. The third kappa shape index (κ3) is 3.42. The van der Waals surface area contributed by atoms with E-state index in [1.807, 2.05) is 30.3 Å². The predicted molar refractivity (Wildman–Crippen MR) is 86.1 cm³/mol. The molecule has 0 aliphatic carbocycles. The van der Waals surface area contributed by atoms with E-state index >= 15 is 0 Å². The lowest BCUT2D eigenvalue weighted by Gasteiger charge is -1.97. The molecule has 2 amide bonds. The van der Waals surface area contributed by atoms with Crippen LogP contribution in [0.2, 0.25) is 0 Å². The predicted octanol–water partition coefficient (Wildman–Crippen LogP) is 4.52. The first-order valence-electron chi connectivity index (χ1n) is 5.89. The van der Waals surface area contributed by atoms with Crippen LogP contribution in [-0.2, 0) is 4.79 Å². The van der Waals surface area contributed by atoms with E-state index < -0.39 is 5.91 Å². The highest BCUT2D eigenvalue weighted by atomic mass is 79.9. The van der Waals surface area contributed by atoms with Crippen molar-refractivity contribution in [2.45, 2.75) is 9.99 Å². The summed E-state index contributed by atoms with van der Waals surface area (Å²) in [5, 5.41) is 2.54. The van der Waals surface area contributed by atoms with E-state index in [-0.39, 0.29) is 5.24 Å². The van der Waals surface area contributed by atoms with Crippen molar-refractivity contribution in [3.63, 3.8) is 0 Å². The standard InChI is InChI=1S/C14H8BrNO3S2/c15-10-6-8(7-11-12(17)16-14(18)21-11)19-13(10)20-9-4-2-1-3-5-9/h1-7H,(H,16,17,18)/b11-7+. The summed E-state index contributed by atoms with van der Waals surface area (Å²) in [6.45, 7) is 0. The SMILES string of the molecule is O=C1NC(=O)/C(=C\c2cc(Br)c(Sc3ccccc3)o2)S1. The van der Waals surface area contributed by atoms with Gasteiger partial charge >= 0.3 is 0 Å². The first-order chi connectivity index (χ1) is 10.1. The minimum absolute atomic E-state index is 0.331. The molecule has 106 valence electrons. The maximum Gasteiger partial charge on any atom is 0.290 e. The zero-order valence-electron chi connectivity index (χ0n) is 10.5. The van der Waals surface area contributed by atoms with Crippen molar-refractivity contribution in [3.05, 3.63) is 51.5 Å². The topological polar surface area (TPSA) is 59.3 Å². The van der Waals surface area contributed by atoms with Crippen LogP contribution in [0, 0.1) is 0 Å². The van der Waals surface area contributed by atoms with Crippen LogP contribution in [-0.4, -0.2) is 11.1 Å². The molecule has 4 nitrogen and oxygen atoms in total. The molecule has 1 aliphatic heterocycles. The Labute approximate surface area is 137 Å². The van der Waals surface area contributed by atoms with E-state index in [0.717, 1.165) is 21.1 Å². The number of nitrogens with one attached hydrogen (secondary N) is 1. The van der Waals surface area contributed by atoms with Gasteiger partial charge in [-0.2, -0.15) is 0 Å². The Bertz CT molecular complexity index is 740. The van der Waals surface area contributed by atoms with E-state index in [1.54, 1.807) is 12.1 Å². The van der Waals surface area contributed by atoms with Crippen molar-refractivity contribution in [1.29, 1.82) is 0 Å². The third-order valence-corrected chi connectivity index (χ3v) is 5.20. The van der Waals surface area contributed by atoms with Gasteiger partial charge in [-0.1, -0.05) is 30.0 Å². The molecule has 0 spiro atoms. The molecule has 0 atom stereocenters. The molecule has 1 aromatic carbocycles. The maximum absolute atomic E-state index is 11.5. The van der Waals surface area contributed by atoms with Gasteiger partial charge in [-0.05, 0) is 45.9 Å². The summed E-state index contributed by atoms with van der Waals surface area (Å²) in [6.07, 6.45) is 1.56. The number of carbonyl (C=O) groups excluding carboxylic acids is 2. The molecule has 0 unspecified atom stereocenters. The Morgan fingerprint density at radius 3 is 2.67 bits per heavy atom.